The van der Waals surface area contributed by atoms with Crippen molar-refractivity contribution in [2.24, 2.45) is 0 Å². The third-order valence-corrected chi connectivity index (χ3v) is 2.85. The quantitative estimate of drug-likeness (QED) is 0.808. The first-order valence-electron chi connectivity index (χ1n) is 5.66. The molecule has 2 rings (SSSR count). The van der Waals surface area contributed by atoms with Gasteiger partial charge in [-0.3, -0.25) is 0 Å². The highest BCUT2D eigenvalue weighted by Gasteiger charge is 2.17. The van der Waals surface area contributed by atoms with Gasteiger partial charge < -0.3 is 14.6 Å². The standard InChI is InChI=1S/C11H19N3O/c1-3-15-7-9(2)14-8-13-10-6-12-5-4-11(10)14/h8-9,12H,3-7H2,1-2H3. The first-order chi connectivity index (χ1) is 7.33. The van der Waals surface area contributed by atoms with E-state index in [2.05, 4.69) is 21.8 Å². The zero-order valence-corrected chi connectivity index (χ0v) is 9.49. The number of aromatic nitrogens is 2. The van der Waals surface area contributed by atoms with Crippen molar-refractivity contribution in [3.63, 3.8) is 0 Å². The van der Waals surface area contributed by atoms with Crippen LogP contribution in [0.25, 0.3) is 0 Å². The van der Waals surface area contributed by atoms with Gasteiger partial charge in [-0.25, -0.2) is 4.98 Å². The van der Waals surface area contributed by atoms with E-state index in [4.69, 9.17) is 4.74 Å². The lowest BCUT2D eigenvalue weighted by molar-refractivity contribution is 0.118. The molecule has 0 saturated heterocycles. The maximum atomic E-state index is 5.45. The van der Waals surface area contributed by atoms with Crippen molar-refractivity contribution in [1.82, 2.24) is 14.9 Å². The third-order valence-electron chi connectivity index (χ3n) is 2.85. The SMILES string of the molecule is CCOCC(C)n1cnc2c1CCNC2. The van der Waals surface area contributed by atoms with Crippen molar-refractivity contribution in [3.8, 4) is 0 Å². The molecule has 0 saturated carbocycles. The molecule has 84 valence electrons. The van der Waals surface area contributed by atoms with Crippen LogP contribution in [0.15, 0.2) is 6.33 Å². The summed E-state index contributed by atoms with van der Waals surface area (Å²) in [6.07, 6.45) is 3.02. The van der Waals surface area contributed by atoms with E-state index in [0.29, 0.717) is 6.04 Å². The molecule has 0 spiro atoms. The van der Waals surface area contributed by atoms with Gasteiger partial charge in [0.1, 0.15) is 0 Å². The molecule has 15 heavy (non-hydrogen) atoms. The van der Waals surface area contributed by atoms with E-state index < -0.39 is 0 Å². The maximum Gasteiger partial charge on any atom is 0.0955 e. The fraction of sp³-hybridized carbons (Fsp3) is 0.727. The molecule has 4 nitrogen and oxygen atoms in total. The van der Waals surface area contributed by atoms with Crippen LogP contribution in [-0.2, 0) is 17.7 Å². The van der Waals surface area contributed by atoms with Crippen LogP contribution in [0.1, 0.15) is 31.3 Å². The first kappa shape index (κ1) is 10.6. The Morgan fingerprint density at radius 3 is 3.33 bits per heavy atom. The van der Waals surface area contributed by atoms with Crippen molar-refractivity contribution in [3.05, 3.63) is 17.7 Å². The summed E-state index contributed by atoms with van der Waals surface area (Å²) in [5.74, 6) is 0. The summed E-state index contributed by atoms with van der Waals surface area (Å²) < 4.78 is 7.70. The first-order valence-corrected chi connectivity index (χ1v) is 5.66. The average Bonchev–Trinajstić information content (AvgIpc) is 2.69. The molecule has 1 unspecified atom stereocenters. The largest absolute Gasteiger partial charge is 0.380 e. The van der Waals surface area contributed by atoms with Crippen LogP contribution in [0.4, 0.5) is 0 Å². The number of hydrogen-bond acceptors (Lipinski definition) is 3. The molecular weight excluding hydrogens is 190 g/mol. The summed E-state index contributed by atoms with van der Waals surface area (Å²) in [5, 5.41) is 3.33. The summed E-state index contributed by atoms with van der Waals surface area (Å²) in [4.78, 5) is 4.43. The normalized spacial score (nSPS) is 17.5. The second kappa shape index (κ2) is 4.77. The fourth-order valence-electron chi connectivity index (χ4n) is 2.01. The van der Waals surface area contributed by atoms with Gasteiger partial charge in [-0.1, -0.05) is 0 Å². The molecule has 0 amide bonds. The topological polar surface area (TPSA) is 39.1 Å². The van der Waals surface area contributed by atoms with E-state index in [-0.39, 0.29) is 0 Å². The maximum absolute atomic E-state index is 5.45. The Morgan fingerprint density at radius 2 is 2.53 bits per heavy atom. The van der Waals surface area contributed by atoms with Crippen molar-refractivity contribution < 1.29 is 4.74 Å². The minimum absolute atomic E-state index is 0.388. The van der Waals surface area contributed by atoms with Crippen LogP contribution in [0.2, 0.25) is 0 Å². The van der Waals surface area contributed by atoms with Gasteiger partial charge in [-0.2, -0.15) is 0 Å². The van der Waals surface area contributed by atoms with Gasteiger partial charge in [0, 0.05) is 31.8 Å². The minimum atomic E-state index is 0.388. The number of imidazole rings is 1. The molecule has 0 aliphatic carbocycles. The summed E-state index contributed by atoms with van der Waals surface area (Å²) in [6, 6.07) is 0.388. The number of ether oxygens (including phenoxy) is 1. The molecular formula is C11H19N3O. The monoisotopic (exact) mass is 209 g/mol. The van der Waals surface area contributed by atoms with E-state index in [1.165, 1.54) is 11.4 Å². The van der Waals surface area contributed by atoms with Gasteiger partial charge in [-0.05, 0) is 13.8 Å². The molecule has 0 bridgehead atoms. The number of nitrogens with zero attached hydrogens (tertiary/aromatic N) is 2. The average molecular weight is 209 g/mol. The lowest BCUT2D eigenvalue weighted by Gasteiger charge is -2.19. The van der Waals surface area contributed by atoms with Crippen molar-refractivity contribution in [2.45, 2.75) is 32.9 Å². The summed E-state index contributed by atoms with van der Waals surface area (Å²) in [5.41, 5.74) is 2.57. The van der Waals surface area contributed by atoms with E-state index in [9.17, 15) is 0 Å². The Bertz CT molecular complexity index is 322. The third kappa shape index (κ3) is 2.21. The lowest BCUT2D eigenvalue weighted by atomic mass is 10.1. The molecule has 1 aliphatic heterocycles. The number of rotatable bonds is 4. The summed E-state index contributed by atoms with van der Waals surface area (Å²) >= 11 is 0. The zero-order valence-electron chi connectivity index (χ0n) is 9.49. The van der Waals surface area contributed by atoms with Gasteiger partial charge in [-0.15, -0.1) is 0 Å². The predicted molar refractivity (Wildman–Crippen MR) is 58.8 cm³/mol. The Kier molecular flexibility index (Phi) is 3.38. The zero-order chi connectivity index (χ0) is 10.7. The van der Waals surface area contributed by atoms with Crippen LogP contribution in [0.3, 0.4) is 0 Å². The van der Waals surface area contributed by atoms with E-state index >= 15 is 0 Å². The lowest BCUT2D eigenvalue weighted by Crippen LogP contribution is -2.26. The predicted octanol–water partition coefficient (Wildman–Crippen LogP) is 1.13. The van der Waals surface area contributed by atoms with Gasteiger partial charge in [0.15, 0.2) is 0 Å². The van der Waals surface area contributed by atoms with E-state index in [0.717, 1.165) is 32.7 Å². The highest BCUT2D eigenvalue weighted by Crippen LogP contribution is 2.17. The van der Waals surface area contributed by atoms with E-state index in [1.54, 1.807) is 0 Å². The van der Waals surface area contributed by atoms with Gasteiger partial charge in [0.05, 0.1) is 24.7 Å². The Labute approximate surface area is 90.6 Å². The molecule has 0 aromatic carbocycles. The molecule has 1 aromatic heterocycles. The van der Waals surface area contributed by atoms with Gasteiger partial charge in [0.2, 0.25) is 0 Å². The molecule has 1 aliphatic rings. The smallest absolute Gasteiger partial charge is 0.0955 e. The van der Waals surface area contributed by atoms with Crippen molar-refractivity contribution in [2.75, 3.05) is 19.8 Å². The Hall–Kier alpha value is -0.870. The second-order valence-corrected chi connectivity index (χ2v) is 3.98. The van der Waals surface area contributed by atoms with Crippen molar-refractivity contribution >= 4 is 0 Å². The number of fused-ring (bicyclic) bond motifs is 1. The molecule has 0 fully saturated rings. The van der Waals surface area contributed by atoms with Gasteiger partial charge >= 0.3 is 0 Å². The van der Waals surface area contributed by atoms with E-state index in [1.807, 2.05) is 13.3 Å². The highest BCUT2D eigenvalue weighted by atomic mass is 16.5. The van der Waals surface area contributed by atoms with Crippen LogP contribution >= 0.6 is 0 Å². The number of hydrogen-bond donors (Lipinski definition) is 1. The fourth-order valence-corrected chi connectivity index (χ4v) is 2.01. The Balaban J connectivity index is 2.10. The summed E-state index contributed by atoms with van der Waals surface area (Å²) in [7, 11) is 0. The molecule has 1 atom stereocenters. The molecule has 1 N–H and O–H groups in total. The molecule has 4 heteroatoms. The van der Waals surface area contributed by atoms with Gasteiger partial charge in [0.25, 0.3) is 0 Å². The molecule has 2 heterocycles. The minimum Gasteiger partial charge on any atom is -0.380 e. The second-order valence-electron chi connectivity index (χ2n) is 3.98. The highest BCUT2D eigenvalue weighted by molar-refractivity contribution is 5.17. The molecule has 1 aromatic rings. The van der Waals surface area contributed by atoms with Crippen LogP contribution < -0.4 is 5.32 Å². The molecule has 0 radical (unpaired) electrons. The summed E-state index contributed by atoms with van der Waals surface area (Å²) in [6.45, 7) is 7.72. The van der Waals surface area contributed by atoms with Crippen LogP contribution in [0.5, 0.6) is 0 Å². The van der Waals surface area contributed by atoms with Crippen molar-refractivity contribution in [1.29, 1.82) is 0 Å². The Morgan fingerprint density at radius 1 is 1.67 bits per heavy atom. The van der Waals surface area contributed by atoms with Crippen LogP contribution in [-0.4, -0.2) is 29.3 Å². The number of nitrogens with one attached hydrogen (secondary N) is 1. The van der Waals surface area contributed by atoms with Crippen LogP contribution in [0, 0.1) is 0 Å².